The number of nitrogens with one attached hydrogen (secondary N) is 2. The quantitative estimate of drug-likeness (QED) is 0.820. The zero-order valence-electron chi connectivity index (χ0n) is 10.8. The molecule has 0 fully saturated rings. The maximum atomic E-state index is 11.6. The van der Waals surface area contributed by atoms with Crippen molar-refractivity contribution in [1.29, 1.82) is 0 Å². The molecule has 2 aliphatic rings. The standard InChI is InChI=1S/C14H13N5O/c20-11-7-15-13-12(18-11)14(17-8-16-13)19-6-5-9-3-1-2-4-10(9)19/h1-4,8H,5-7H2,(H,18,20)(H,15,16,17). The second-order valence-corrected chi connectivity index (χ2v) is 4.85. The second-order valence-electron chi connectivity index (χ2n) is 4.85. The predicted molar refractivity (Wildman–Crippen MR) is 76.3 cm³/mol. The highest BCUT2D eigenvalue weighted by Crippen LogP contribution is 2.39. The van der Waals surface area contributed by atoms with Crippen molar-refractivity contribution in [1.82, 2.24) is 9.97 Å². The van der Waals surface area contributed by atoms with E-state index in [4.69, 9.17) is 0 Å². The third-order valence-electron chi connectivity index (χ3n) is 3.65. The lowest BCUT2D eigenvalue weighted by molar-refractivity contribution is -0.114. The fourth-order valence-corrected chi connectivity index (χ4v) is 2.74. The SMILES string of the molecule is O=C1CNc2ncnc(N3CCc4ccccc43)c2N1. The fourth-order valence-electron chi connectivity index (χ4n) is 2.74. The van der Waals surface area contributed by atoms with Crippen LogP contribution in [-0.2, 0) is 11.2 Å². The molecule has 0 saturated heterocycles. The molecule has 4 rings (SSSR count). The molecule has 0 radical (unpaired) electrons. The average molecular weight is 267 g/mol. The van der Waals surface area contributed by atoms with Crippen molar-refractivity contribution in [3.8, 4) is 0 Å². The number of para-hydroxylation sites is 1. The van der Waals surface area contributed by atoms with Crippen LogP contribution >= 0.6 is 0 Å². The first-order valence-corrected chi connectivity index (χ1v) is 6.57. The summed E-state index contributed by atoms with van der Waals surface area (Å²) in [5.41, 5.74) is 3.11. The largest absolute Gasteiger partial charge is 0.359 e. The number of aromatic nitrogens is 2. The van der Waals surface area contributed by atoms with Gasteiger partial charge in [-0.1, -0.05) is 18.2 Å². The molecule has 1 amide bonds. The Morgan fingerprint density at radius 1 is 1.20 bits per heavy atom. The van der Waals surface area contributed by atoms with Gasteiger partial charge >= 0.3 is 0 Å². The van der Waals surface area contributed by atoms with E-state index in [2.05, 4.69) is 37.6 Å². The van der Waals surface area contributed by atoms with Crippen molar-refractivity contribution in [2.24, 2.45) is 0 Å². The molecule has 2 aromatic rings. The van der Waals surface area contributed by atoms with Crippen LogP contribution in [0.5, 0.6) is 0 Å². The van der Waals surface area contributed by atoms with Crippen LogP contribution in [-0.4, -0.2) is 29.0 Å². The molecule has 0 atom stereocenters. The van der Waals surface area contributed by atoms with E-state index in [0.29, 0.717) is 11.5 Å². The van der Waals surface area contributed by atoms with Crippen LogP contribution in [0.1, 0.15) is 5.56 Å². The number of hydrogen-bond donors (Lipinski definition) is 2. The number of fused-ring (bicyclic) bond motifs is 2. The lowest BCUT2D eigenvalue weighted by atomic mass is 10.2. The number of benzene rings is 1. The van der Waals surface area contributed by atoms with Crippen LogP contribution in [0.15, 0.2) is 30.6 Å². The monoisotopic (exact) mass is 267 g/mol. The minimum atomic E-state index is -0.0685. The van der Waals surface area contributed by atoms with E-state index in [-0.39, 0.29) is 12.5 Å². The molecule has 6 nitrogen and oxygen atoms in total. The van der Waals surface area contributed by atoms with E-state index >= 15 is 0 Å². The molecule has 0 saturated carbocycles. The van der Waals surface area contributed by atoms with E-state index in [9.17, 15) is 4.79 Å². The summed E-state index contributed by atoms with van der Waals surface area (Å²) in [4.78, 5) is 22.3. The van der Waals surface area contributed by atoms with Crippen LogP contribution < -0.4 is 15.5 Å². The van der Waals surface area contributed by atoms with Crippen molar-refractivity contribution in [3.05, 3.63) is 36.2 Å². The Bertz CT molecular complexity index is 700. The minimum absolute atomic E-state index is 0.0685. The Hall–Kier alpha value is -2.63. The molecule has 20 heavy (non-hydrogen) atoms. The summed E-state index contributed by atoms with van der Waals surface area (Å²) in [6.45, 7) is 1.11. The van der Waals surface area contributed by atoms with Crippen molar-refractivity contribution < 1.29 is 4.79 Å². The topological polar surface area (TPSA) is 70.2 Å². The molecule has 6 heteroatoms. The summed E-state index contributed by atoms with van der Waals surface area (Å²) in [7, 11) is 0. The molecular weight excluding hydrogens is 254 g/mol. The van der Waals surface area contributed by atoms with Gasteiger partial charge in [0.1, 0.15) is 12.0 Å². The first-order chi connectivity index (χ1) is 9.83. The molecule has 0 bridgehead atoms. The number of anilines is 4. The summed E-state index contributed by atoms with van der Waals surface area (Å²) >= 11 is 0. The van der Waals surface area contributed by atoms with Gasteiger partial charge in [0.05, 0.1) is 6.54 Å². The van der Waals surface area contributed by atoms with Gasteiger partial charge in [-0.3, -0.25) is 4.79 Å². The first-order valence-electron chi connectivity index (χ1n) is 6.57. The Labute approximate surface area is 115 Å². The Morgan fingerprint density at radius 3 is 3.05 bits per heavy atom. The Balaban J connectivity index is 1.83. The highest BCUT2D eigenvalue weighted by Gasteiger charge is 2.27. The minimum Gasteiger partial charge on any atom is -0.359 e. The van der Waals surface area contributed by atoms with Gasteiger partial charge in [0.15, 0.2) is 11.6 Å². The van der Waals surface area contributed by atoms with Crippen LogP contribution in [0.4, 0.5) is 23.0 Å². The number of hydrogen-bond acceptors (Lipinski definition) is 5. The van der Waals surface area contributed by atoms with Crippen LogP contribution in [0, 0.1) is 0 Å². The van der Waals surface area contributed by atoms with Crippen molar-refractivity contribution >= 4 is 28.9 Å². The summed E-state index contributed by atoms with van der Waals surface area (Å²) < 4.78 is 0. The highest BCUT2D eigenvalue weighted by molar-refractivity contribution is 6.03. The lowest BCUT2D eigenvalue weighted by Crippen LogP contribution is -2.30. The van der Waals surface area contributed by atoms with Crippen LogP contribution in [0.25, 0.3) is 0 Å². The lowest BCUT2D eigenvalue weighted by Gasteiger charge is -2.25. The van der Waals surface area contributed by atoms with Gasteiger partial charge in [0.25, 0.3) is 0 Å². The highest BCUT2D eigenvalue weighted by atomic mass is 16.2. The van der Waals surface area contributed by atoms with E-state index < -0.39 is 0 Å². The molecular formula is C14H13N5O. The summed E-state index contributed by atoms with van der Waals surface area (Å²) in [6, 6.07) is 8.26. The zero-order chi connectivity index (χ0) is 13.5. The molecule has 3 heterocycles. The summed E-state index contributed by atoms with van der Waals surface area (Å²) in [6.07, 6.45) is 2.51. The Morgan fingerprint density at radius 2 is 2.10 bits per heavy atom. The average Bonchev–Trinajstić information content (AvgIpc) is 2.90. The van der Waals surface area contributed by atoms with Gasteiger partial charge in [0.2, 0.25) is 5.91 Å². The predicted octanol–water partition coefficient (Wildman–Crippen LogP) is 1.53. The molecule has 1 aromatic heterocycles. The Kier molecular flexibility index (Phi) is 2.35. The maximum absolute atomic E-state index is 11.6. The number of carbonyl (C=O) groups is 1. The van der Waals surface area contributed by atoms with E-state index in [1.807, 2.05) is 12.1 Å². The van der Waals surface area contributed by atoms with Gasteiger partial charge < -0.3 is 15.5 Å². The van der Waals surface area contributed by atoms with Crippen molar-refractivity contribution in [3.63, 3.8) is 0 Å². The number of nitrogens with zero attached hydrogens (tertiary/aromatic N) is 3. The molecule has 0 aliphatic carbocycles. The van der Waals surface area contributed by atoms with Gasteiger partial charge in [0, 0.05) is 12.2 Å². The molecule has 2 N–H and O–H groups in total. The van der Waals surface area contributed by atoms with Gasteiger partial charge in [-0.25, -0.2) is 9.97 Å². The third-order valence-corrected chi connectivity index (χ3v) is 3.65. The van der Waals surface area contributed by atoms with Crippen LogP contribution in [0.3, 0.4) is 0 Å². The fraction of sp³-hybridized carbons (Fsp3) is 0.214. The number of carbonyl (C=O) groups excluding carboxylic acids is 1. The zero-order valence-corrected chi connectivity index (χ0v) is 10.8. The van der Waals surface area contributed by atoms with Gasteiger partial charge in [-0.2, -0.15) is 0 Å². The maximum Gasteiger partial charge on any atom is 0.243 e. The molecule has 2 aliphatic heterocycles. The molecule has 0 unspecified atom stereocenters. The van der Waals surface area contributed by atoms with Gasteiger partial charge in [-0.05, 0) is 18.1 Å². The van der Waals surface area contributed by atoms with Crippen LogP contribution in [0.2, 0.25) is 0 Å². The molecule has 0 spiro atoms. The van der Waals surface area contributed by atoms with E-state index in [0.717, 1.165) is 24.5 Å². The summed E-state index contributed by atoms with van der Waals surface area (Å²) in [5.74, 6) is 1.36. The number of amides is 1. The summed E-state index contributed by atoms with van der Waals surface area (Å²) in [5, 5.41) is 5.88. The first kappa shape index (κ1) is 11.2. The third kappa shape index (κ3) is 1.61. The van der Waals surface area contributed by atoms with Gasteiger partial charge in [-0.15, -0.1) is 0 Å². The molecule has 100 valence electrons. The van der Waals surface area contributed by atoms with E-state index in [1.165, 1.54) is 11.9 Å². The smallest absolute Gasteiger partial charge is 0.243 e. The van der Waals surface area contributed by atoms with Crippen molar-refractivity contribution in [2.45, 2.75) is 6.42 Å². The van der Waals surface area contributed by atoms with Crippen molar-refractivity contribution in [2.75, 3.05) is 28.6 Å². The normalized spacial score (nSPS) is 16.2. The van der Waals surface area contributed by atoms with E-state index in [1.54, 1.807) is 0 Å². The second kappa shape index (κ2) is 4.19. The molecule has 1 aromatic carbocycles. The number of rotatable bonds is 1.